The summed E-state index contributed by atoms with van der Waals surface area (Å²) >= 11 is 0. The predicted octanol–water partition coefficient (Wildman–Crippen LogP) is 4.87. The Morgan fingerprint density at radius 3 is 2.47 bits per heavy atom. The molecule has 0 spiro atoms. The van der Waals surface area contributed by atoms with Crippen molar-refractivity contribution in [3.05, 3.63) is 75.8 Å². The van der Waals surface area contributed by atoms with E-state index in [1.165, 1.54) is 19.3 Å². The smallest absolute Gasteiger partial charge is 0.252 e. The lowest BCUT2D eigenvalue weighted by atomic mass is 9.92. The molecule has 1 aliphatic carbocycles. The van der Waals surface area contributed by atoms with Gasteiger partial charge in [-0.2, -0.15) is 0 Å². The molecule has 9 nitrogen and oxygen atoms in total. The van der Waals surface area contributed by atoms with Crippen LogP contribution in [0.4, 0.5) is 0 Å². The molecular weight excluding hydrogens is 480 g/mol. The molecule has 0 radical (unpaired) electrons. The van der Waals surface area contributed by atoms with E-state index < -0.39 is 0 Å². The van der Waals surface area contributed by atoms with Crippen molar-refractivity contribution in [2.45, 2.75) is 70.6 Å². The molecule has 38 heavy (non-hydrogen) atoms. The first kappa shape index (κ1) is 25.9. The van der Waals surface area contributed by atoms with Gasteiger partial charge in [0.25, 0.3) is 5.56 Å². The molecule has 2 aromatic heterocycles. The highest BCUT2D eigenvalue weighted by Gasteiger charge is 2.32. The maximum Gasteiger partial charge on any atom is 0.252 e. The van der Waals surface area contributed by atoms with Gasteiger partial charge in [-0.25, -0.2) is 4.68 Å². The topological polar surface area (TPSA) is 98.2 Å². The molecular formula is C29H36N6O3. The molecule has 1 N–H and O–H groups in total. The first-order valence-electron chi connectivity index (χ1n) is 13.4. The van der Waals surface area contributed by atoms with Gasteiger partial charge in [-0.3, -0.25) is 9.69 Å². The van der Waals surface area contributed by atoms with E-state index >= 15 is 0 Å². The van der Waals surface area contributed by atoms with Gasteiger partial charge in [-0.05, 0) is 71.0 Å². The van der Waals surface area contributed by atoms with Crippen LogP contribution in [0.2, 0.25) is 0 Å². The molecule has 1 unspecified atom stereocenters. The number of fused-ring (bicyclic) bond motifs is 1. The molecule has 0 aliphatic heterocycles. The number of hydrogen-bond donors (Lipinski definition) is 1. The lowest BCUT2D eigenvalue weighted by Gasteiger charge is -2.39. The van der Waals surface area contributed by atoms with E-state index in [2.05, 4.69) is 32.3 Å². The second-order valence-corrected chi connectivity index (χ2v) is 10.0. The summed E-state index contributed by atoms with van der Waals surface area (Å²) in [4.78, 5) is 18.8. The second-order valence-electron chi connectivity index (χ2n) is 10.0. The average molecular weight is 517 g/mol. The van der Waals surface area contributed by atoms with E-state index in [9.17, 15) is 4.79 Å². The number of ether oxygens (including phenoxy) is 2. The Morgan fingerprint density at radius 1 is 1.03 bits per heavy atom. The van der Waals surface area contributed by atoms with Crippen LogP contribution < -0.4 is 15.0 Å². The number of hydrogen-bond acceptors (Lipinski definition) is 7. The Balaban J connectivity index is 1.47. The second kappa shape index (κ2) is 11.8. The summed E-state index contributed by atoms with van der Waals surface area (Å²) in [5.74, 6) is 2.37. The highest BCUT2D eigenvalue weighted by atomic mass is 16.5. The Bertz CT molecular complexity index is 1410. The number of nitrogens with one attached hydrogen (secondary N) is 1. The Morgan fingerprint density at radius 2 is 1.76 bits per heavy atom. The molecule has 200 valence electrons. The van der Waals surface area contributed by atoms with Gasteiger partial charge in [-0.1, -0.05) is 38.3 Å². The van der Waals surface area contributed by atoms with Crippen molar-refractivity contribution in [1.29, 1.82) is 0 Å². The van der Waals surface area contributed by atoms with Crippen molar-refractivity contribution < 1.29 is 9.47 Å². The van der Waals surface area contributed by atoms with E-state index in [1.807, 2.05) is 53.2 Å². The van der Waals surface area contributed by atoms with Gasteiger partial charge in [0.2, 0.25) is 0 Å². The molecule has 1 atom stereocenters. The molecule has 1 aliphatic rings. The molecule has 1 fully saturated rings. The molecule has 9 heteroatoms. The molecule has 1 saturated carbocycles. The van der Waals surface area contributed by atoms with Crippen LogP contribution in [-0.4, -0.2) is 50.4 Å². The summed E-state index contributed by atoms with van der Waals surface area (Å²) in [6.45, 7) is 3.28. The molecule has 2 heterocycles. The van der Waals surface area contributed by atoms with Crippen molar-refractivity contribution in [2.75, 3.05) is 14.2 Å². The number of nitrogens with zero attached hydrogens (tertiary/aromatic N) is 5. The minimum Gasteiger partial charge on any atom is -0.497 e. The van der Waals surface area contributed by atoms with Gasteiger partial charge in [0.05, 0.1) is 32.3 Å². The van der Waals surface area contributed by atoms with E-state index in [4.69, 9.17) is 9.47 Å². The normalized spacial score (nSPS) is 15.2. The third kappa shape index (κ3) is 5.57. The fraction of sp³-hybridized carbons (Fsp3) is 0.448. The lowest BCUT2D eigenvalue weighted by Crippen LogP contribution is -2.41. The molecule has 0 saturated heterocycles. The number of aromatic nitrogens is 5. The van der Waals surface area contributed by atoms with Gasteiger partial charge in [0.1, 0.15) is 11.5 Å². The summed E-state index contributed by atoms with van der Waals surface area (Å²) in [5, 5.41) is 13.9. The van der Waals surface area contributed by atoms with Crippen LogP contribution in [0, 0.1) is 0 Å². The highest BCUT2D eigenvalue weighted by molar-refractivity contribution is 5.80. The number of methoxy groups -OCH3 is 2. The molecule has 0 bridgehead atoms. The molecule has 4 aromatic rings. The monoisotopic (exact) mass is 516 g/mol. The summed E-state index contributed by atoms with van der Waals surface area (Å²) in [7, 11) is 3.29. The van der Waals surface area contributed by atoms with Crippen LogP contribution in [0.25, 0.3) is 10.9 Å². The van der Waals surface area contributed by atoms with Gasteiger partial charge < -0.3 is 14.5 Å². The lowest BCUT2D eigenvalue weighted by molar-refractivity contribution is 0.0844. The zero-order chi connectivity index (χ0) is 26.5. The molecule has 0 amide bonds. The molecule has 2 aromatic carbocycles. The molecule has 5 rings (SSSR count). The Kier molecular flexibility index (Phi) is 8.03. The van der Waals surface area contributed by atoms with E-state index in [0.29, 0.717) is 19.1 Å². The van der Waals surface area contributed by atoms with Crippen molar-refractivity contribution >= 4 is 10.9 Å². The predicted molar refractivity (Wildman–Crippen MR) is 146 cm³/mol. The number of aromatic amines is 1. The first-order valence-corrected chi connectivity index (χ1v) is 13.4. The number of H-pyrrole nitrogens is 1. The average Bonchev–Trinajstić information content (AvgIpc) is 3.41. The van der Waals surface area contributed by atoms with E-state index in [-0.39, 0.29) is 11.6 Å². The van der Waals surface area contributed by atoms with Crippen LogP contribution in [0.3, 0.4) is 0 Å². The van der Waals surface area contributed by atoms with Crippen LogP contribution in [0.1, 0.15) is 68.4 Å². The van der Waals surface area contributed by atoms with E-state index in [0.717, 1.165) is 58.6 Å². The van der Waals surface area contributed by atoms with E-state index in [1.54, 1.807) is 14.2 Å². The fourth-order valence-corrected chi connectivity index (χ4v) is 5.61. The van der Waals surface area contributed by atoms with Gasteiger partial charge in [0, 0.05) is 24.2 Å². The number of rotatable bonds is 10. The van der Waals surface area contributed by atoms with Crippen molar-refractivity contribution in [3.63, 3.8) is 0 Å². The maximum absolute atomic E-state index is 13.2. The quantitative estimate of drug-likeness (QED) is 0.321. The summed E-state index contributed by atoms with van der Waals surface area (Å²) in [6.07, 6.45) is 6.71. The van der Waals surface area contributed by atoms with Crippen molar-refractivity contribution in [2.24, 2.45) is 0 Å². The van der Waals surface area contributed by atoms with Crippen LogP contribution in [0.15, 0.2) is 53.3 Å². The standard InChI is InChI=1S/C29H36N6O3/c1-4-27(28-31-32-33-35(28)18-20-10-13-24(37-2)14-11-20)34(23-8-6-5-7-9-23)19-22-16-21-12-15-25(38-3)17-26(21)30-29(22)36/h10-17,23,27H,4-9,18-19H2,1-3H3,(H,30,36). The maximum atomic E-state index is 13.2. The SMILES string of the molecule is CCC(c1nnnn1Cc1ccc(OC)cc1)N(Cc1cc2ccc(OC)cc2[nH]c1=O)C1CCCCC1. The minimum absolute atomic E-state index is 0.0164. The third-order valence-corrected chi connectivity index (χ3v) is 7.66. The van der Waals surface area contributed by atoms with Crippen molar-refractivity contribution in [3.8, 4) is 11.5 Å². The van der Waals surface area contributed by atoms with Gasteiger partial charge in [0.15, 0.2) is 5.82 Å². The number of benzene rings is 2. The van der Waals surface area contributed by atoms with Crippen molar-refractivity contribution in [1.82, 2.24) is 30.1 Å². The van der Waals surface area contributed by atoms with Crippen LogP contribution in [0.5, 0.6) is 11.5 Å². The zero-order valence-electron chi connectivity index (χ0n) is 22.4. The van der Waals surface area contributed by atoms with Crippen LogP contribution >= 0.6 is 0 Å². The number of pyridine rings is 1. The summed E-state index contributed by atoms with van der Waals surface area (Å²) in [6, 6.07) is 16.1. The summed E-state index contributed by atoms with van der Waals surface area (Å²) < 4.78 is 12.5. The Labute approximate surface area is 222 Å². The van der Waals surface area contributed by atoms with Gasteiger partial charge >= 0.3 is 0 Å². The highest BCUT2D eigenvalue weighted by Crippen LogP contribution is 2.33. The third-order valence-electron chi connectivity index (χ3n) is 7.66. The largest absolute Gasteiger partial charge is 0.497 e. The number of tetrazole rings is 1. The minimum atomic E-state index is -0.0701. The first-order chi connectivity index (χ1) is 18.6. The van der Waals surface area contributed by atoms with Crippen LogP contribution in [-0.2, 0) is 13.1 Å². The fourth-order valence-electron chi connectivity index (χ4n) is 5.61. The zero-order valence-corrected chi connectivity index (χ0v) is 22.4. The summed E-state index contributed by atoms with van der Waals surface area (Å²) in [5.41, 5.74) is 2.55. The Hall–Kier alpha value is -3.72. The van der Waals surface area contributed by atoms with Gasteiger partial charge in [-0.15, -0.1) is 5.10 Å².